The molecule has 1 aromatic heterocycles. The third-order valence-electron chi connectivity index (χ3n) is 4.41. The predicted molar refractivity (Wildman–Crippen MR) is 82.4 cm³/mol. The van der Waals surface area contributed by atoms with Crippen LogP contribution < -0.4 is 5.32 Å². The lowest BCUT2D eigenvalue weighted by molar-refractivity contribution is 0.0752. The highest BCUT2D eigenvalue weighted by molar-refractivity contribution is 7.09. The lowest BCUT2D eigenvalue weighted by Gasteiger charge is -2.43. The average Bonchev–Trinajstić information content (AvgIpc) is 2.90. The molecule has 0 amide bonds. The van der Waals surface area contributed by atoms with Gasteiger partial charge in [-0.1, -0.05) is 34.1 Å². The Morgan fingerprint density at radius 1 is 1.47 bits per heavy atom. The second kappa shape index (κ2) is 6.82. The summed E-state index contributed by atoms with van der Waals surface area (Å²) in [4.78, 5) is 7.09. The molecule has 0 aromatic carbocycles. The molecule has 1 aliphatic rings. The highest BCUT2D eigenvalue weighted by atomic mass is 32.1. The van der Waals surface area contributed by atoms with Crippen molar-refractivity contribution in [2.75, 3.05) is 13.1 Å². The van der Waals surface area contributed by atoms with E-state index < -0.39 is 0 Å². The normalized spacial score (nSPS) is 26.8. The summed E-state index contributed by atoms with van der Waals surface area (Å²) in [6.45, 7) is 12.6. The maximum Gasteiger partial charge on any atom is 0.107 e. The summed E-state index contributed by atoms with van der Waals surface area (Å²) in [5, 5.41) is 7.08. The number of nitrogens with one attached hydrogen (secondary N) is 1. The van der Waals surface area contributed by atoms with Gasteiger partial charge in [0.05, 0.1) is 6.54 Å². The van der Waals surface area contributed by atoms with Gasteiger partial charge in [0.2, 0.25) is 0 Å². The molecule has 1 fully saturated rings. The lowest BCUT2D eigenvalue weighted by atomic mass is 9.92. The van der Waals surface area contributed by atoms with Crippen molar-refractivity contribution in [3.8, 4) is 0 Å². The molecule has 3 atom stereocenters. The zero-order chi connectivity index (χ0) is 13.8. The van der Waals surface area contributed by atoms with Gasteiger partial charge >= 0.3 is 0 Å². The molecular formula is C15H27N3S. The van der Waals surface area contributed by atoms with E-state index >= 15 is 0 Å². The zero-order valence-electron chi connectivity index (χ0n) is 12.6. The predicted octanol–water partition coefficient (Wildman–Crippen LogP) is 2.99. The van der Waals surface area contributed by atoms with Crippen molar-refractivity contribution in [2.24, 2.45) is 11.8 Å². The molecule has 108 valence electrons. The number of hydrogen-bond donors (Lipinski definition) is 1. The molecule has 0 aliphatic carbocycles. The van der Waals surface area contributed by atoms with E-state index in [0.29, 0.717) is 18.0 Å². The Labute approximate surface area is 121 Å². The van der Waals surface area contributed by atoms with Crippen LogP contribution in [0.2, 0.25) is 0 Å². The molecule has 1 N–H and O–H groups in total. The summed E-state index contributed by atoms with van der Waals surface area (Å²) >= 11 is 1.77. The van der Waals surface area contributed by atoms with Gasteiger partial charge in [-0.15, -0.1) is 11.3 Å². The fourth-order valence-electron chi connectivity index (χ4n) is 2.86. The van der Waals surface area contributed by atoms with Crippen LogP contribution in [-0.4, -0.2) is 35.1 Å². The van der Waals surface area contributed by atoms with E-state index in [9.17, 15) is 0 Å². The Morgan fingerprint density at radius 2 is 2.26 bits per heavy atom. The van der Waals surface area contributed by atoms with Gasteiger partial charge in [-0.2, -0.15) is 0 Å². The molecular weight excluding hydrogens is 254 g/mol. The van der Waals surface area contributed by atoms with Crippen LogP contribution in [0.4, 0.5) is 0 Å². The maximum absolute atomic E-state index is 4.45. The van der Waals surface area contributed by atoms with Gasteiger partial charge in [0.25, 0.3) is 0 Å². The summed E-state index contributed by atoms with van der Waals surface area (Å²) in [5.41, 5.74) is 0. The first-order valence-electron chi connectivity index (χ1n) is 7.47. The van der Waals surface area contributed by atoms with Crippen LogP contribution in [-0.2, 0) is 6.54 Å². The van der Waals surface area contributed by atoms with E-state index in [1.165, 1.54) is 11.4 Å². The maximum atomic E-state index is 4.45. The van der Waals surface area contributed by atoms with Crippen molar-refractivity contribution in [1.29, 1.82) is 0 Å². The average molecular weight is 281 g/mol. The Kier molecular flexibility index (Phi) is 5.37. The van der Waals surface area contributed by atoms with Gasteiger partial charge in [-0.05, 0) is 11.8 Å². The molecule has 0 radical (unpaired) electrons. The van der Waals surface area contributed by atoms with E-state index in [1.54, 1.807) is 11.3 Å². The third-order valence-corrected chi connectivity index (χ3v) is 5.18. The highest BCUT2D eigenvalue weighted by Gasteiger charge is 2.31. The van der Waals surface area contributed by atoms with Crippen LogP contribution >= 0.6 is 11.3 Å². The largest absolute Gasteiger partial charge is 0.311 e. The van der Waals surface area contributed by atoms with Gasteiger partial charge in [-0.3, -0.25) is 4.90 Å². The lowest BCUT2D eigenvalue weighted by Crippen LogP contribution is -2.59. The monoisotopic (exact) mass is 281 g/mol. The van der Waals surface area contributed by atoms with Crippen LogP contribution in [0.15, 0.2) is 11.6 Å². The second-order valence-corrected chi connectivity index (χ2v) is 7.05. The van der Waals surface area contributed by atoms with Crippen molar-refractivity contribution in [1.82, 2.24) is 15.2 Å². The quantitative estimate of drug-likeness (QED) is 0.899. The second-order valence-electron chi connectivity index (χ2n) is 6.07. The molecule has 1 aromatic rings. The summed E-state index contributed by atoms with van der Waals surface area (Å²) in [6, 6.07) is 1.25. The van der Waals surface area contributed by atoms with Gasteiger partial charge in [0.15, 0.2) is 0 Å². The number of hydrogen-bond acceptors (Lipinski definition) is 4. The van der Waals surface area contributed by atoms with Crippen molar-refractivity contribution in [2.45, 2.75) is 52.7 Å². The molecule has 2 rings (SSSR count). The first-order chi connectivity index (χ1) is 9.11. The standard InChI is InChI=1S/C15H27N3S/c1-5-12(4)13-9-18(10-15-16-6-7-19-15)14(8-17-13)11(2)3/h6-7,11-14,17H,5,8-10H2,1-4H3. The summed E-state index contributed by atoms with van der Waals surface area (Å²) in [6.07, 6.45) is 3.16. The Morgan fingerprint density at radius 3 is 2.84 bits per heavy atom. The highest BCUT2D eigenvalue weighted by Crippen LogP contribution is 2.22. The molecule has 0 bridgehead atoms. The third kappa shape index (κ3) is 3.77. The minimum atomic E-state index is 0.625. The molecule has 1 aliphatic heterocycles. The number of aromatic nitrogens is 1. The Hall–Kier alpha value is -0.450. The topological polar surface area (TPSA) is 28.2 Å². The van der Waals surface area contributed by atoms with Crippen molar-refractivity contribution in [3.63, 3.8) is 0 Å². The fraction of sp³-hybridized carbons (Fsp3) is 0.800. The molecule has 2 heterocycles. The van der Waals surface area contributed by atoms with Crippen molar-refractivity contribution >= 4 is 11.3 Å². The molecule has 4 heteroatoms. The minimum absolute atomic E-state index is 0.625. The van der Waals surface area contributed by atoms with Crippen LogP contribution in [0.3, 0.4) is 0 Å². The van der Waals surface area contributed by atoms with Crippen molar-refractivity contribution < 1.29 is 0 Å². The molecule has 0 spiro atoms. The fourth-order valence-corrected chi connectivity index (χ4v) is 3.50. The molecule has 3 nitrogen and oxygen atoms in total. The first kappa shape index (κ1) is 14.9. The van der Waals surface area contributed by atoms with E-state index in [4.69, 9.17) is 0 Å². The van der Waals surface area contributed by atoms with Gasteiger partial charge in [0.1, 0.15) is 5.01 Å². The van der Waals surface area contributed by atoms with Crippen LogP contribution in [0, 0.1) is 11.8 Å². The smallest absolute Gasteiger partial charge is 0.107 e. The van der Waals surface area contributed by atoms with Crippen LogP contribution in [0.25, 0.3) is 0 Å². The van der Waals surface area contributed by atoms with E-state index in [0.717, 1.165) is 25.6 Å². The molecule has 0 saturated carbocycles. The molecule has 19 heavy (non-hydrogen) atoms. The summed E-state index contributed by atoms with van der Waals surface area (Å²) < 4.78 is 0. The van der Waals surface area contributed by atoms with Crippen LogP contribution in [0.1, 0.15) is 39.1 Å². The zero-order valence-corrected chi connectivity index (χ0v) is 13.4. The Balaban J connectivity index is 2.04. The number of nitrogens with zero attached hydrogens (tertiary/aromatic N) is 2. The summed E-state index contributed by atoms with van der Waals surface area (Å²) in [5.74, 6) is 1.43. The van der Waals surface area contributed by atoms with E-state index in [1.807, 2.05) is 6.20 Å². The van der Waals surface area contributed by atoms with Gasteiger partial charge in [0, 0.05) is 36.8 Å². The summed E-state index contributed by atoms with van der Waals surface area (Å²) in [7, 11) is 0. The van der Waals surface area contributed by atoms with Gasteiger partial charge < -0.3 is 5.32 Å². The molecule has 3 unspecified atom stereocenters. The van der Waals surface area contributed by atoms with E-state index in [-0.39, 0.29) is 0 Å². The minimum Gasteiger partial charge on any atom is -0.311 e. The number of piperazine rings is 1. The Bertz CT molecular complexity index is 363. The number of thiazole rings is 1. The molecule has 1 saturated heterocycles. The van der Waals surface area contributed by atoms with Crippen LogP contribution in [0.5, 0.6) is 0 Å². The van der Waals surface area contributed by atoms with Crippen molar-refractivity contribution in [3.05, 3.63) is 16.6 Å². The number of rotatable bonds is 5. The first-order valence-corrected chi connectivity index (χ1v) is 8.35. The van der Waals surface area contributed by atoms with Gasteiger partial charge in [-0.25, -0.2) is 4.98 Å². The van der Waals surface area contributed by atoms with E-state index in [2.05, 4.69) is 48.3 Å². The SMILES string of the molecule is CCC(C)C1CN(Cc2nccs2)C(C(C)C)CN1.